The Balaban J connectivity index is 2.73. The number of methoxy groups -OCH3 is 2. The Labute approximate surface area is 102 Å². The summed E-state index contributed by atoms with van der Waals surface area (Å²) in [5.41, 5.74) is 0.671. The van der Waals surface area contributed by atoms with E-state index in [4.69, 9.17) is 9.47 Å². The Morgan fingerprint density at radius 1 is 1.35 bits per heavy atom. The molecule has 0 radical (unpaired) electrons. The first-order valence-electron chi connectivity index (χ1n) is 5.72. The highest BCUT2D eigenvalue weighted by Gasteiger charge is 2.14. The second-order valence-electron chi connectivity index (χ2n) is 3.86. The van der Waals surface area contributed by atoms with Gasteiger partial charge < -0.3 is 14.8 Å². The number of rotatable bonds is 7. The van der Waals surface area contributed by atoms with Crippen LogP contribution in [0, 0.1) is 5.82 Å². The molecule has 1 unspecified atom stereocenters. The predicted octanol–water partition coefficient (Wildman–Crippen LogP) is 2.52. The van der Waals surface area contributed by atoms with Crippen LogP contribution in [0.2, 0.25) is 0 Å². The topological polar surface area (TPSA) is 30.5 Å². The molecule has 4 heteroatoms. The van der Waals surface area contributed by atoms with Crippen LogP contribution in [0.3, 0.4) is 0 Å². The molecule has 0 amide bonds. The Kier molecular flexibility index (Phi) is 5.94. The maximum Gasteiger partial charge on any atom is 0.131 e. The van der Waals surface area contributed by atoms with Crippen LogP contribution in [0.1, 0.15) is 24.4 Å². The van der Waals surface area contributed by atoms with Gasteiger partial charge in [0.1, 0.15) is 11.6 Å². The Bertz CT molecular complexity index is 344. The van der Waals surface area contributed by atoms with Gasteiger partial charge in [-0.1, -0.05) is 6.07 Å². The maximum absolute atomic E-state index is 13.8. The van der Waals surface area contributed by atoms with E-state index in [-0.39, 0.29) is 11.9 Å². The summed E-state index contributed by atoms with van der Waals surface area (Å²) in [5, 5.41) is 3.12. The quantitative estimate of drug-likeness (QED) is 0.744. The highest BCUT2D eigenvalue weighted by molar-refractivity contribution is 5.30. The summed E-state index contributed by atoms with van der Waals surface area (Å²) >= 11 is 0. The second kappa shape index (κ2) is 7.25. The number of ether oxygens (including phenoxy) is 2. The highest BCUT2D eigenvalue weighted by atomic mass is 19.1. The molecular weight excluding hydrogens is 221 g/mol. The lowest BCUT2D eigenvalue weighted by Gasteiger charge is -2.17. The molecule has 17 heavy (non-hydrogen) atoms. The zero-order valence-corrected chi connectivity index (χ0v) is 10.6. The molecule has 1 aromatic rings. The zero-order valence-electron chi connectivity index (χ0n) is 10.6. The summed E-state index contributed by atoms with van der Waals surface area (Å²) in [6, 6.07) is 4.97. The van der Waals surface area contributed by atoms with Gasteiger partial charge in [-0.15, -0.1) is 0 Å². The van der Waals surface area contributed by atoms with Crippen LogP contribution in [-0.2, 0) is 4.74 Å². The third kappa shape index (κ3) is 3.98. The van der Waals surface area contributed by atoms with Crippen molar-refractivity contribution in [3.05, 3.63) is 29.6 Å². The average Bonchev–Trinajstić information content (AvgIpc) is 2.35. The Hall–Kier alpha value is -1.13. The van der Waals surface area contributed by atoms with Crippen molar-refractivity contribution in [2.75, 3.05) is 27.9 Å². The molecule has 0 aliphatic rings. The van der Waals surface area contributed by atoms with Gasteiger partial charge in [-0.3, -0.25) is 0 Å². The van der Waals surface area contributed by atoms with E-state index < -0.39 is 0 Å². The molecule has 0 aromatic heterocycles. The molecule has 96 valence electrons. The fourth-order valence-corrected chi connectivity index (χ4v) is 1.80. The molecule has 0 fully saturated rings. The average molecular weight is 241 g/mol. The van der Waals surface area contributed by atoms with Crippen molar-refractivity contribution in [1.82, 2.24) is 5.32 Å². The van der Waals surface area contributed by atoms with Crippen molar-refractivity contribution in [3.63, 3.8) is 0 Å². The van der Waals surface area contributed by atoms with Crippen molar-refractivity contribution < 1.29 is 13.9 Å². The van der Waals surface area contributed by atoms with Gasteiger partial charge >= 0.3 is 0 Å². The molecule has 1 rings (SSSR count). The molecule has 0 heterocycles. The van der Waals surface area contributed by atoms with Gasteiger partial charge in [0, 0.05) is 31.4 Å². The van der Waals surface area contributed by atoms with E-state index in [0.717, 1.165) is 12.8 Å². The monoisotopic (exact) mass is 241 g/mol. The lowest BCUT2D eigenvalue weighted by molar-refractivity contribution is 0.189. The number of nitrogens with one attached hydrogen (secondary N) is 1. The molecule has 0 spiro atoms. The van der Waals surface area contributed by atoms with Gasteiger partial charge in [0.25, 0.3) is 0 Å². The summed E-state index contributed by atoms with van der Waals surface area (Å²) < 4.78 is 23.8. The van der Waals surface area contributed by atoms with Gasteiger partial charge in [-0.05, 0) is 26.0 Å². The standard InChI is InChI=1S/C13H20FNO2/c1-15-13(5-4-8-16-2)11-7-6-10(17-3)9-12(11)14/h6-7,9,13,15H,4-5,8H2,1-3H3. The first-order valence-corrected chi connectivity index (χ1v) is 5.72. The van der Waals surface area contributed by atoms with Gasteiger partial charge in [-0.25, -0.2) is 4.39 Å². The van der Waals surface area contributed by atoms with Gasteiger partial charge in [0.2, 0.25) is 0 Å². The Morgan fingerprint density at radius 2 is 2.12 bits per heavy atom. The first-order chi connectivity index (χ1) is 8.22. The van der Waals surface area contributed by atoms with Crippen LogP contribution in [0.5, 0.6) is 5.75 Å². The first kappa shape index (κ1) is 13.9. The number of hydrogen-bond acceptors (Lipinski definition) is 3. The van der Waals surface area contributed by atoms with Gasteiger partial charge in [-0.2, -0.15) is 0 Å². The molecule has 1 atom stereocenters. The van der Waals surface area contributed by atoms with Gasteiger partial charge in [0.05, 0.1) is 7.11 Å². The number of benzene rings is 1. The second-order valence-corrected chi connectivity index (χ2v) is 3.86. The van der Waals surface area contributed by atoms with Crippen LogP contribution < -0.4 is 10.1 Å². The van der Waals surface area contributed by atoms with Crippen molar-refractivity contribution >= 4 is 0 Å². The van der Waals surface area contributed by atoms with E-state index in [0.29, 0.717) is 17.9 Å². The highest BCUT2D eigenvalue weighted by Crippen LogP contribution is 2.24. The molecule has 0 aliphatic carbocycles. The molecule has 0 aliphatic heterocycles. The number of hydrogen-bond donors (Lipinski definition) is 1. The summed E-state index contributed by atoms with van der Waals surface area (Å²) in [6.07, 6.45) is 1.74. The SMILES string of the molecule is CNC(CCCOC)c1ccc(OC)cc1F. The smallest absolute Gasteiger partial charge is 0.131 e. The predicted molar refractivity (Wildman–Crippen MR) is 65.9 cm³/mol. The van der Waals surface area contributed by atoms with Crippen LogP contribution in [0.25, 0.3) is 0 Å². The van der Waals surface area contributed by atoms with E-state index >= 15 is 0 Å². The largest absolute Gasteiger partial charge is 0.497 e. The fraction of sp³-hybridized carbons (Fsp3) is 0.538. The van der Waals surface area contributed by atoms with Crippen molar-refractivity contribution in [2.45, 2.75) is 18.9 Å². The third-order valence-electron chi connectivity index (χ3n) is 2.77. The molecule has 0 saturated heterocycles. The molecule has 1 aromatic carbocycles. The summed E-state index contributed by atoms with van der Waals surface area (Å²) in [5.74, 6) is 0.305. The minimum Gasteiger partial charge on any atom is -0.497 e. The number of halogens is 1. The minimum atomic E-state index is -0.235. The van der Waals surface area contributed by atoms with Crippen molar-refractivity contribution in [3.8, 4) is 5.75 Å². The lowest BCUT2D eigenvalue weighted by atomic mass is 10.0. The molecule has 0 bridgehead atoms. The molecule has 0 saturated carbocycles. The van der Waals surface area contributed by atoms with Crippen LogP contribution in [0.15, 0.2) is 18.2 Å². The summed E-state index contributed by atoms with van der Waals surface area (Å²) in [4.78, 5) is 0. The molecule has 1 N–H and O–H groups in total. The van der Waals surface area contributed by atoms with E-state index in [1.165, 1.54) is 13.2 Å². The third-order valence-corrected chi connectivity index (χ3v) is 2.77. The van der Waals surface area contributed by atoms with E-state index in [9.17, 15) is 4.39 Å². The molecule has 3 nitrogen and oxygen atoms in total. The fourth-order valence-electron chi connectivity index (χ4n) is 1.80. The summed E-state index contributed by atoms with van der Waals surface area (Å²) in [7, 11) is 5.03. The minimum absolute atomic E-state index is 0.0102. The van der Waals surface area contributed by atoms with Crippen molar-refractivity contribution in [1.29, 1.82) is 0 Å². The van der Waals surface area contributed by atoms with Gasteiger partial charge in [0.15, 0.2) is 0 Å². The van der Waals surface area contributed by atoms with Crippen LogP contribution in [-0.4, -0.2) is 27.9 Å². The maximum atomic E-state index is 13.8. The van der Waals surface area contributed by atoms with Crippen molar-refractivity contribution in [2.24, 2.45) is 0 Å². The normalized spacial score (nSPS) is 12.5. The van der Waals surface area contributed by atoms with E-state index in [2.05, 4.69) is 5.32 Å². The lowest BCUT2D eigenvalue weighted by Crippen LogP contribution is -2.18. The van der Waals surface area contributed by atoms with Crippen LogP contribution in [0.4, 0.5) is 4.39 Å². The Morgan fingerprint density at radius 3 is 2.65 bits per heavy atom. The van der Waals surface area contributed by atoms with E-state index in [1.807, 2.05) is 7.05 Å². The van der Waals surface area contributed by atoms with E-state index in [1.54, 1.807) is 19.2 Å². The zero-order chi connectivity index (χ0) is 12.7. The molecular formula is C13H20FNO2. The summed E-state index contributed by atoms with van der Waals surface area (Å²) in [6.45, 7) is 0.690. The van der Waals surface area contributed by atoms with Crippen LogP contribution >= 0.6 is 0 Å².